The molecule has 0 saturated heterocycles. The lowest BCUT2D eigenvalue weighted by atomic mass is 10.2. The van der Waals surface area contributed by atoms with Gasteiger partial charge in [0.2, 0.25) is 5.88 Å². The normalized spacial score (nSPS) is 11.3. The Bertz CT molecular complexity index is 879. The third kappa shape index (κ3) is 4.08. The van der Waals surface area contributed by atoms with Crippen LogP contribution in [0.5, 0.6) is 5.88 Å². The summed E-state index contributed by atoms with van der Waals surface area (Å²) in [4.78, 5) is 18.5. The molecule has 1 heterocycles. The van der Waals surface area contributed by atoms with Crippen molar-refractivity contribution >= 4 is 30.0 Å². The maximum atomic E-state index is 13.3. The molecule has 1 aromatic carbocycles. The Kier molecular flexibility index (Phi) is 6.24. The zero-order valence-electron chi connectivity index (χ0n) is 12.8. The number of benzene rings is 1. The lowest BCUT2D eigenvalue weighted by Crippen LogP contribution is -2.18. The average molecular weight is 372 g/mol. The summed E-state index contributed by atoms with van der Waals surface area (Å²) in [5.41, 5.74) is -0.312. The number of H-pyrrole nitrogens is 1. The van der Waals surface area contributed by atoms with E-state index in [1.165, 1.54) is 22.9 Å². The van der Waals surface area contributed by atoms with Crippen molar-refractivity contribution < 1.29 is 14.2 Å². The van der Waals surface area contributed by atoms with Crippen LogP contribution in [-0.2, 0) is 4.74 Å². The highest BCUT2D eigenvalue weighted by molar-refractivity contribution is 7.71. The van der Waals surface area contributed by atoms with Gasteiger partial charge in [-0.05, 0) is 36.8 Å². The number of halogens is 2. The molecule has 0 aliphatic heterocycles. The molecule has 6 nitrogen and oxygen atoms in total. The first-order valence-corrected chi connectivity index (χ1v) is 7.76. The molecule has 128 valence electrons. The highest BCUT2D eigenvalue weighted by atomic mass is 35.5. The van der Waals surface area contributed by atoms with Crippen LogP contribution in [0, 0.1) is 10.6 Å². The number of aromatic nitrogens is 2. The van der Waals surface area contributed by atoms with E-state index in [2.05, 4.69) is 9.98 Å². The van der Waals surface area contributed by atoms with Crippen molar-refractivity contribution in [2.45, 2.75) is 6.42 Å². The first kappa shape index (κ1) is 18.3. The van der Waals surface area contributed by atoms with E-state index >= 15 is 0 Å². The summed E-state index contributed by atoms with van der Waals surface area (Å²) in [6.07, 6.45) is 1.94. The monoisotopic (exact) mass is 371 g/mol. The molecule has 2 aromatic rings. The van der Waals surface area contributed by atoms with Crippen molar-refractivity contribution in [2.75, 3.05) is 20.3 Å². The molecular formula is C15H15ClFN3O3S. The fourth-order valence-corrected chi connectivity index (χ4v) is 2.43. The number of ether oxygens (including phenoxy) is 1. The Morgan fingerprint density at radius 3 is 2.96 bits per heavy atom. The quantitative estimate of drug-likeness (QED) is 0.465. The molecule has 0 fully saturated rings. The molecule has 0 aliphatic rings. The summed E-state index contributed by atoms with van der Waals surface area (Å²) in [7, 11) is 1.58. The van der Waals surface area contributed by atoms with Crippen molar-refractivity contribution in [3.63, 3.8) is 0 Å². The van der Waals surface area contributed by atoms with Gasteiger partial charge in [-0.3, -0.25) is 19.3 Å². The van der Waals surface area contributed by atoms with E-state index in [9.17, 15) is 14.3 Å². The fourth-order valence-electron chi connectivity index (χ4n) is 1.97. The minimum atomic E-state index is -0.601. The molecule has 0 bridgehead atoms. The van der Waals surface area contributed by atoms with E-state index in [-0.39, 0.29) is 15.4 Å². The Hall–Kier alpha value is -2.03. The topological polar surface area (TPSA) is 79.6 Å². The Labute approximate surface area is 147 Å². The van der Waals surface area contributed by atoms with Gasteiger partial charge >= 0.3 is 0 Å². The molecule has 0 saturated carbocycles. The van der Waals surface area contributed by atoms with Gasteiger partial charge in [0.05, 0.1) is 10.7 Å². The summed E-state index contributed by atoms with van der Waals surface area (Å²) in [6, 6.07) is 3.82. The molecule has 0 atom stereocenters. The number of methoxy groups -OCH3 is 1. The maximum Gasteiger partial charge on any atom is 0.264 e. The number of rotatable bonds is 6. The van der Waals surface area contributed by atoms with Gasteiger partial charge in [-0.25, -0.2) is 4.39 Å². The van der Waals surface area contributed by atoms with Gasteiger partial charge in [0.1, 0.15) is 11.4 Å². The molecule has 0 aliphatic carbocycles. The third-order valence-electron chi connectivity index (χ3n) is 3.14. The van der Waals surface area contributed by atoms with Crippen LogP contribution >= 0.6 is 23.8 Å². The van der Waals surface area contributed by atoms with Crippen molar-refractivity contribution in [3.8, 4) is 11.6 Å². The molecule has 24 heavy (non-hydrogen) atoms. The molecule has 0 amide bonds. The zero-order chi connectivity index (χ0) is 17.7. The van der Waals surface area contributed by atoms with Crippen molar-refractivity contribution in [3.05, 3.63) is 49.7 Å². The summed E-state index contributed by atoms with van der Waals surface area (Å²) in [6.45, 7) is 0.976. The first-order valence-electron chi connectivity index (χ1n) is 6.98. The second kappa shape index (κ2) is 8.18. The van der Waals surface area contributed by atoms with Gasteiger partial charge in [-0.1, -0.05) is 11.6 Å². The largest absolute Gasteiger partial charge is 0.494 e. The summed E-state index contributed by atoms with van der Waals surface area (Å²) in [5, 5.41) is 10.3. The van der Waals surface area contributed by atoms with Crippen LogP contribution in [0.2, 0.25) is 5.02 Å². The van der Waals surface area contributed by atoms with Crippen LogP contribution in [0.25, 0.3) is 5.69 Å². The van der Waals surface area contributed by atoms with Crippen LogP contribution in [0.4, 0.5) is 4.39 Å². The Balaban J connectivity index is 2.46. The molecule has 9 heteroatoms. The Morgan fingerprint density at radius 2 is 2.29 bits per heavy atom. The highest BCUT2D eigenvalue weighted by Gasteiger charge is 2.13. The van der Waals surface area contributed by atoms with Crippen LogP contribution in [0.1, 0.15) is 12.0 Å². The van der Waals surface area contributed by atoms with E-state index in [0.717, 1.165) is 6.07 Å². The molecule has 2 N–H and O–H groups in total. The minimum absolute atomic E-state index is 0.0447. The van der Waals surface area contributed by atoms with Gasteiger partial charge in [0.25, 0.3) is 5.56 Å². The van der Waals surface area contributed by atoms with Crippen molar-refractivity contribution in [1.82, 2.24) is 9.55 Å². The van der Waals surface area contributed by atoms with E-state index in [1.807, 2.05) is 0 Å². The lowest BCUT2D eigenvalue weighted by Gasteiger charge is -2.11. The molecule has 0 unspecified atom stereocenters. The van der Waals surface area contributed by atoms with Gasteiger partial charge < -0.3 is 9.84 Å². The lowest BCUT2D eigenvalue weighted by molar-refractivity contribution is 0.197. The number of aromatic amines is 1. The minimum Gasteiger partial charge on any atom is -0.494 e. The molecule has 2 rings (SSSR count). The van der Waals surface area contributed by atoms with Crippen molar-refractivity contribution in [1.29, 1.82) is 0 Å². The van der Waals surface area contributed by atoms with Crippen LogP contribution < -0.4 is 5.56 Å². The summed E-state index contributed by atoms with van der Waals surface area (Å²) < 4.78 is 19.3. The number of nitrogens with zero attached hydrogens (tertiary/aromatic N) is 2. The van der Waals surface area contributed by atoms with Crippen LogP contribution in [0.3, 0.4) is 0 Å². The SMILES string of the molecule is COCCCN=Cc1c(O)n(-c2ccc(F)c(Cl)c2)c(=S)[nH]c1=O. The number of hydrogen-bond donors (Lipinski definition) is 2. The number of aliphatic imine (C=N–C) groups is 1. The van der Waals surface area contributed by atoms with Gasteiger partial charge in [0, 0.05) is 26.5 Å². The number of hydrogen-bond acceptors (Lipinski definition) is 5. The Morgan fingerprint density at radius 1 is 1.54 bits per heavy atom. The average Bonchev–Trinajstić information content (AvgIpc) is 2.53. The number of aromatic hydroxyl groups is 1. The standard InChI is InChI=1S/C15H15ClFN3O3S/c1-23-6-2-5-18-8-10-13(21)19-15(24)20(14(10)22)9-3-4-12(17)11(16)7-9/h3-4,7-8,22H,2,5-6H2,1H3,(H,19,21,24). The van der Waals surface area contributed by atoms with E-state index in [1.54, 1.807) is 7.11 Å². The highest BCUT2D eigenvalue weighted by Crippen LogP contribution is 2.23. The molecule has 0 radical (unpaired) electrons. The summed E-state index contributed by atoms with van der Waals surface area (Å²) in [5.74, 6) is -1.00. The molecule has 0 spiro atoms. The number of nitrogens with one attached hydrogen (secondary N) is 1. The molecular weight excluding hydrogens is 357 g/mol. The van der Waals surface area contributed by atoms with Crippen LogP contribution in [-0.4, -0.2) is 41.1 Å². The summed E-state index contributed by atoms with van der Waals surface area (Å²) >= 11 is 10.8. The second-order valence-electron chi connectivity index (χ2n) is 4.81. The third-order valence-corrected chi connectivity index (χ3v) is 3.71. The van der Waals surface area contributed by atoms with Crippen molar-refractivity contribution in [2.24, 2.45) is 4.99 Å². The van der Waals surface area contributed by atoms with Gasteiger partial charge in [-0.2, -0.15) is 0 Å². The smallest absolute Gasteiger partial charge is 0.264 e. The predicted octanol–water partition coefficient (Wildman–Crippen LogP) is 2.85. The predicted molar refractivity (Wildman–Crippen MR) is 92.8 cm³/mol. The van der Waals surface area contributed by atoms with E-state index in [0.29, 0.717) is 25.3 Å². The van der Waals surface area contributed by atoms with Gasteiger partial charge in [-0.15, -0.1) is 0 Å². The van der Waals surface area contributed by atoms with E-state index in [4.69, 9.17) is 28.6 Å². The van der Waals surface area contributed by atoms with Crippen LogP contribution in [0.15, 0.2) is 28.0 Å². The first-order chi connectivity index (χ1) is 11.5. The maximum absolute atomic E-state index is 13.3. The second-order valence-corrected chi connectivity index (χ2v) is 5.61. The molecule has 1 aromatic heterocycles. The fraction of sp³-hybridized carbons (Fsp3) is 0.267. The van der Waals surface area contributed by atoms with Gasteiger partial charge in [0.15, 0.2) is 4.77 Å². The van der Waals surface area contributed by atoms with E-state index < -0.39 is 17.3 Å². The zero-order valence-corrected chi connectivity index (χ0v) is 14.3.